The number of aromatic nitrogens is 2. The predicted molar refractivity (Wildman–Crippen MR) is 93.1 cm³/mol. The molecule has 3 aromatic rings. The van der Waals surface area contributed by atoms with Crippen LogP contribution in [-0.2, 0) is 9.53 Å². The first-order valence-corrected chi connectivity index (χ1v) is 7.58. The number of carbonyl (C=O) groups excluding carboxylic acids is 2. The molecule has 0 spiro atoms. The average molecular weight is 350 g/mol. The van der Waals surface area contributed by atoms with Gasteiger partial charge in [-0.05, 0) is 25.1 Å². The lowest BCUT2D eigenvalue weighted by Crippen LogP contribution is -2.13. The molecule has 0 radical (unpaired) electrons. The van der Waals surface area contributed by atoms with Gasteiger partial charge >= 0.3 is 5.97 Å². The SMILES string of the molecule is COC(=O)c1cccc2[nH]cc(/C=C(\C#N)C(=O)Nc3cc(C)on3)c12. The molecule has 0 saturated carbocycles. The Morgan fingerprint density at radius 1 is 1.42 bits per heavy atom. The quantitative estimate of drug-likeness (QED) is 0.424. The fourth-order valence-corrected chi connectivity index (χ4v) is 2.52. The summed E-state index contributed by atoms with van der Waals surface area (Å²) in [5, 5.41) is 16.1. The number of benzene rings is 1. The number of hydrogen-bond acceptors (Lipinski definition) is 6. The minimum Gasteiger partial charge on any atom is -0.465 e. The van der Waals surface area contributed by atoms with Gasteiger partial charge < -0.3 is 19.6 Å². The summed E-state index contributed by atoms with van der Waals surface area (Å²) >= 11 is 0. The number of esters is 1. The summed E-state index contributed by atoms with van der Waals surface area (Å²) in [6.07, 6.45) is 3.01. The van der Waals surface area contributed by atoms with E-state index < -0.39 is 11.9 Å². The van der Waals surface area contributed by atoms with Crippen molar-refractivity contribution in [2.24, 2.45) is 0 Å². The summed E-state index contributed by atoms with van der Waals surface area (Å²) in [7, 11) is 1.29. The van der Waals surface area contributed by atoms with Crippen molar-refractivity contribution in [2.75, 3.05) is 12.4 Å². The number of H-pyrrole nitrogens is 1. The molecule has 2 heterocycles. The van der Waals surface area contributed by atoms with E-state index in [4.69, 9.17) is 9.26 Å². The van der Waals surface area contributed by atoms with E-state index >= 15 is 0 Å². The number of hydrogen-bond donors (Lipinski definition) is 2. The maximum absolute atomic E-state index is 12.3. The van der Waals surface area contributed by atoms with Gasteiger partial charge in [-0.3, -0.25) is 4.79 Å². The van der Waals surface area contributed by atoms with Crippen LogP contribution in [0.2, 0.25) is 0 Å². The molecule has 2 N–H and O–H groups in total. The van der Waals surface area contributed by atoms with Crippen LogP contribution < -0.4 is 5.32 Å². The summed E-state index contributed by atoms with van der Waals surface area (Å²) in [6.45, 7) is 1.68. The Kier molecular flexibility index (Phi) is 4.53. The second kappa shape index (κ2) is 6.94. The van der Waals surface area contributed by atoms with E-state index in [1.807, 2.05) is 6.07 Å². The Morgan fingerprint density at radius 2 is 2.23 bits per heavy atom. The molecule has 130 valence electrons. The molecule has 0 fully saturated rings. The van der Waals surface area contributed by atoms with Gasteiger partial charge in [-0.15, -0.1) is 0 Å². The lowest BCUT2D eigenvalue weighted by Gasteiger charge is -2.03. The van der Waals surface area contributed by atoms with E-state index in [9.17, 15) is 14.9 Å². The molecule has 0 aliphatic heterocycles. The summed E-state index contributed by atoms with van der Waals surface area (Å²) in [6, 6.07) is 8.50. The summed E-state index contributed by atoms with van der Waals surface area (Å²) in [5.74, 6) is -0.401. The van der Waals surface area contributed by atoms with Gasteiger partial charge in [-0.25, -0.2) is 4.79 Å². The van der Waals surface area contributed by atoms with Crippen LogP contribution in [0.4, 0.5) is 5.82 Å². The second-order valence-corrected chi connectivity index (χ2v) is 5.41. The van der Waals surface area contributed by atoms with Gasteiger partial charge in [0.05, 0.1) is 12.7 Å². The van der Waals surface area contributed by atoms with Crippen molar-refractivity contribution in [1.29, 1.82) is 5.26 Å². The smallest absolute Gasteiger partial charge is 0.338 e. The highest BCUT2D eigenvalue weighted by Gasteiger charge is 2.17. The van der Waals surface area contributed by atoms with Crippen LogP contribution in [0.15, 0.2) is 40.6 Å². The molecule has 0 aliphatic carbocycles. The zero-order chi connectivity index (χ0) is 18.7. The van der Waals surface area contributed by atoms with E-state index in [1.54, 1.807) is 31.3 Å². The number of amides is 1. The molecular weight excluding hydrogens is 336 g/mol. The maximum atomic E-state index is 12.3. The Labute approximate surface area is 148 Å². The zero-order valence-corrected chi connectivity index (χ0v) is 14.0. The summed E-state index contributed by atoms with van der Waals surface area (Å²) < 4.78 is 9.67. The molecule has 1 amide bonds. The molecule has 3 rings (SSSR count). The number of aromatic amines is 1. The standard InChI is InChI=1S/C18H14N4O4/c1-10-6-15(22-26-10)21-17(23)11(8-19)7-12-9-20-14-5-3-4-13(16(12)14)18(24)25-2/h3-7,9,20H,1-2H3,(H,21,22,23)/b11-7+. The van der Waals surface area contributed by atoms with Crippen molar-refractivity contribution < 1.29 is 18.8 Å². The number of nitrogens with zero attached hydrogens (tertiary/aromatic N) is 2. The topological polar surface area (TPSA) is 121 Å². The molecule has 0 atom stereocenters. The van der Waals surface area contributed by atoms with Crippen LogP contribution in [-0.4, -0.2) is 29.1 Å². The number of fused-ring (bicyclic) bond motifs is 1. The lowest BCUT2D eigenvalue weighted by molar-refractivity contribution is -0.112. The van der Waals surface area contributed by atoms with Crippen LogP contribution in [0.25, 0.3) is 17.0 Å². The van der Waals surface area contributed by atoms with Gasteiger partial charge in [0.2, 0.25) is 0 Å². The van der Waals surface area contributed by atoms with Crippen LogP contribution in [0, 0.1) is 18.3 Å². The highest BCUT2D eigenvalue weighted by atomic mass is 16.5. The third-order valence-corrected chi connectivity index (χ3v) is 3.68. The Morgan fingerprint density at radius 3 is 2.88 bits per heavy atom. The molecule has 0 unspecified atom stereocenters. The maximum Gasteiger partial charge on any atom is 0.338 e. The monoisotopic (exact) mass is 350 g/mol. The van der Waals surface area contributed by atoms with Gasteiger partial charge in [0, 0.05) is 28.7 Å². The molecule has 1 aromatic carbocycles. The van der Waals surface area contributed by atoms with Gasteiger partial charge in [-0.2, -0.15) is 5.26 Å². The number of carbonyl (C=O) groups is 2. The number of aryl methyl sites for hydroxylation is 1. The van der Waals surface area contributed by atoms with Gasteiger partial charge in [0.25, 0.3) is 5.91 Å². The first-order valence-electron chi connectivity index (χ1n) is 7.58. The van der Waals surface area contributed by atoms with Crippen LogP contribution >= 0.6 is 0 Å². The largest absolute Gasteiger partial charge is 0.465 e. The number of methoxy groups -OCH3 is 1. The Hall–Kier alpha value is -3.86. The van der Waals surface area contributed by atoms with Crippen molar-refractivity contribution in [2.45, 2.75) is 6.92 Å². The second-order valence-electron chi connectivity index (χ2n) is 5.41. The molecule has 2 aromatic heterocycles. The normalized spacial score (nSPS) is 11.2. The molecule has 26 heavy (non-hydrogen) atoms. The van der Waals surface area contributed by atoms with E-state index in [0.29, 0.717) is 27.8 Å². The third-order valence-electron chi connectivity index (χ3n) is 3.68. The van der Waals surface area contributed by atoms with Crippen molar-refractivity contribution in [1.82, 2.24) is 10.1 Å². The first kappa shape index (κ1) is 17.0. The predicted octanol–water partition coefficient (Wildman–Crippen LogP) is 2.80. The highest BCUT2D eigenvalue weighted by Crippen LogP contribution is 2.25. The summed E-state index contributed by atoms with van der Waals surface area (Å²) in [5.41, 5.74) is 1.39. The van der Waals surface area contributed by atoms with Gasteiger partial charge in [0.15, 0.2) is 5.82 Å². The summed E-state index contributed by atoms with van der Waals surface area (Å²) in [4.78, 5) is 27.3. The van der Waals surface area contributed by atoms with Gasteiger partial charge in [-0.1, -0.05) is 11.2 Å². The molecule has 0 bridgehead atoms. The fraction of sp³-hybridized carbons (Fsp3) is 0.111. The van der Waals surface area contributed by atoms with Crippen molar-refractivity contribution in [3.8, 4) is 6.07 Å². The first-order chi connectivity index (χ1) is 12.5. The highest BCUT2D eigenvalue weighted by molar-refractivity contribution is 6.12. The molecule has 8 heteroatoms. The van der Waals surface area contributed by atoms with E-state index in [2.05, 4.69) is 15.5 Å². The molecule has 0 saturated heterocycles. The minimum atomic E-state index is -0.634. The molecule has 0 aliphatic rings. The number of nitrogens with one attached hydrogen (secondary N) is 2. The third kappa shape index (κ3) is 3.18. The van der Waals surface area contributed by atoms with E-state index in [1.165, 1.54) is 19.3 Å². The number of rotatable bonds is 4. The van der Waals surface area contributed by atoms with Crippen LogP contribution in [0.3, 0.4) is 0 Å². The van der Waals surface area contributed by atoms with Crippen LogP contribution in [0.5, 0.6) is 0 Å². The van der Waals surface area contributed by atoms with Crippen molar-refractivity contribution >= 4 is 34.7 Å². The molecule has 8 nitrogen and oxygen atoms in total. The van der Waals surface area contributed by atoms with Gasteiger partial charge in [0.1, 0.15) is 17.4 Å². The lowest BCUT2D eigenvalue weighted by atomic mass is 10.0. The molecular formula is C18H14N4O4. The Balaban J connectivity index is 2.00. The minimum absolute atomic E-state index is 0.147. The number of nitriles is 1. The zero-order valence-electron chi connectivity index (χ0n) is 14.0. The number of ether oxygens (including phenoxy) is 1. The van der Waals surface area contributed by atoms with Crippen molar-refractivity contribution in [3.63, 3.8) is 0 Å². The Bertz CT molecular complexity index is 1070. The van der Waals surface area contributed by atoms with Crippen molar-refractivity contribution in [3.05, 3.63) is 52.9 Å². The van der Waals surface area contributed by atoms with Crippen LogP contribution in [0.1, 0.15) is 21.7 Å². The van der Waals surface area contributed by atoms with E-state index in [0.717, 1.165) is 0 Å². The number of anilines is 1. The fourth-order valence-electron chi connectivity index (χ4n) is 2.52. The average Bonchev–Trinajstić information content (AvgIpc) is 3.24. The van der Waals surface area contributed by atoms with E-state index in [-0.39, 0.29) is 11.4 Å².